The Morgan fingerprint density at radius 1 is 0.762 bits per heavy atom. The first-order valence-corrected chi connectivity index (χ1v) is 14.9. The summed E-state index contributed by atoms with van der Waals surface area (Å²) in [6.45, 7) is 1.86. The summed E-state index contributed by atoms with van der Waals surface area (Å²) in [6.07, 6.45) is 0. The molecule has 208 valence electrons. The summed E-state index contributed by atoms with van der Waals surface area (Å²) in [6, 6.07) is 30.0. The van der Waals surface area contributed by atoms with Crippen LogP contribution in [0.15, 0.2) is 113 Å². The molecular weight excluding hydrogens is 589 g/mol. The number of methoxy groups -OCH3 is 1. The van der Waals surface area contributed by atoms with Crippen molar-refractivity contribution in [1.29, 1.82) is 10.5 Å². The summed E-state index contributed by atoms with van der Waals surface area (Å²) in [5, 5.41) is 22.3. The quantitative estimate of drug-likeness (QED) is 0.220. The number of hydrogen-bond acceptors (Lipinski definition) is 5. The molecule has 1 aliphatic rings. The fourth-order valence-electron chi connectivity index (χ4n) is 4.94. The first kappa shape index (κ1) is 29.0. The smallest absolute Gasteiger partial charge is 0.265 e. The van der Waals surface area contributed by atoms with E-state index in [1.165, 1.54) is 23.5 Å². The van der Waals surface area contributed by atoms with Crippen molar-refractivity contribution in [3.8, 4) is 17.9 Å². The van der Waals surface area contributed by atoms with Crippen molar-refractivity contribution in [3.63, 3.8) is 0 Å². The molecule has 0 aromatic heterocycles. The molecule has 9 heteroatoms. The monoisotopic (exact) mass is 611 g/mol. The van der Waals surface area contributed by atoms with Gasteiger partial charge in [-0.2, -0.15) is 10.5 Å². The van der Waals surface area contributed by atoms with Crippen LogP contribution < -0.4 is 4.74 Å². The van der Waals surface area contributed by atoms with E-state index in [-0.39, 0.29) is 21.7 Å². The Balaban J connectivity index is 1.93. The van der Waals surface area contributed by atoms with Crippen molar-refractivity contribution in [2.45, 2.75) is 17.9 Å². The molecule has 4 aromatic rings. The largest absolute Gasteiger partial charge is 0.497 e. The lowest BCUT2D eigenvalue weighted by Crippen LogP contribution is -2.38. The number of aryl methyl sites for hydroxylation is 1. The van der Waals surface area contributed by atoms with E-state index in [1.807, 2.05) is 6.92 Å². The van der Waals surface area contributed by atoms with Gasteiger partial charge in [-0.1, -0.05) is 65.2 Å². The fraction of sp³-hybridized carbons (Fsp3) is 0.0909. The summed E-state index contributed by atoms with van der Waals surface area (Å²) < 4.78 is 35.8. The second-order valence-corrected chi connectivity index (χ2v) is 12.2. The first-order valence-electron chi connectivity index (χ1n) is 12.8. The van der Waals surface area contributed by atoms with Gasteiger partial charge in [0.05, 0.1) is 34.9 Å². The van der Waals surface area contributed by atoms with Crippen LogP contribution in [0.1, 0.15) is 28.3 Å². The molecule has 0 bridgehead atoms. The van der Waals surface area contributed by atoms with Crippen molar-refractivity contribution in [3.05, 3.63) is 141 Å². The van der Waals surface area contributed by atoms with Crippen LogP contribution in [0.4, 0.5) is 0 Å². The molecule has 6 nitrogen and oxygen atoms in total. The molecule has 4 aromatic carbocycles. The number of nitrogens with zero attached hydrogens (tertiary/aromatic N) is 3. The third-order valence-corrected chi connectivity index (χ3v) is 9.26. The summed E-state index contributed by atoms with van der Waals surface area (Å²) in [4.78, 5) is 0.0163. The average molecular weight is 613 g/mol. The summed E-state index contributed by atoms with van der Waals surface area (Å²) >= 11 is 12.4. The van der Waals surface area contributed by atoms with Gasteiger partial charge < -0.3 is 4.74 Å². The first-order chi connectivity index (χ1) is 20.2. The van der Waals surface area contributed by atoms with E-state index in [2.05, 4.69) is 12.1 Å². The molecular formula is C33H23Cl2N3O3S. The maximum Gasteiger partial charge on any atom is 0.265 e. The van der Waals surface area contributed by atoms with Gasteiger partial charge in [-0.3, -0.25) is 4.31 Å². The van der Waals surface area contributed by atoms with E-state index in [0.29, 0.717) is 38.1 Å². The summed E-state index contributed by atoms with van der Waals surface area (Å²) in [5.41, 5.74) is 2.94. The second-order valence-electron chi connectivity index (χ2n) is 9.54. The van der Waals surface area contributed by atoms with Gasteiger partial charge in [0.25, 0.3) is 10.0 Å². The number of nitriles is 2. The molecule has 1 unspecified atom stereocenters. The van der Waals surface area contributed by atoms with Gasteiger partial charge in [0.15, 0.2) is 0 Å². The maximum absolute atomic E-state index is 14.6. The highest BCUT2D eigenvalue weighted by Crippen LogP contribution is 2.50. The summed E-state index contributed by atoms with van der Waals surface area (Å²) in [5.74, 6) is 0.557. The Kier molecular flexibility index (Phi) is 8.11. The predicted octanol–water partition coefficient (Wildman–Crippen LogP) is 7.97. The van der Waals surface area contributed by atoms with Gasteiger partial charge >= 0.3 is 0 Å². The van der Waals surface area contributed by atoms with Crippen LogP contribution in [0.3, 0.4) is 0 Å². The molecule has 0 saturated heterocycles. The average Bonchev–Trinajstić information content (AvgIpc) is 3.00. The maximum atomic E-state index is 14.6. The third-order valence-electron chi connectivity index (χ3n) is 6.98. The second kappa shape index (κ2) is 11.8. The highest BCUT2D eigenvalue weighted by atomic mass is 35.5. The van der Waals surface area contributed by atoms with E-state index >= 15 is 0 Å². The Morgan fingerprint density at radius 3 is 1.83 bits per heavy atom. The van der Waals surface area contributed by atoms with Crippen molar-refractivity contribution in [1.82, 2.24) is 4.31 Å². The minimum Gasteiger partial charge on any atom is -0.497 e. The highest BCUT2D eigenvalue weighted by Gasteiger charge is 2.44. The zero-order chi connectivity index (χ0) is 30.0. The number of hydrogen-bond donors (Lipinski definition) is 0. The Hall–Kier alpha value is -4.53. The molecule has 1 atom stereocenters. The minimum absolute atomic E-state index is 0.0163. The van der Waals surface area contributed by atoms with Gasteiger partial charge in [-0.05, 0) is 78.7 Å². The van der Waals surface area contributed by atoms with Crippen molar-refractivity contribution < 1.29 is 13.2 Å². The molecule has 0 N–H and O–H groups in total. The van der Waals surface area contributed by atoms with Gasteiger partial charge in [0, 0.05) is 21.2 Å². The Labute approximate surface area is 255 Å². The predicted molar refractivity (Wildman–Crippen MR) is 164 cm³/mol. The van der Waals surface area contributed by atoms with Gasteiger partial charge in [-0.25, -0.2) is 8.42 Å². The zero-order valence-electron chi connectivity index (χ0n) is 22.5. The number of halogens is 2. The number of sulfonamides is 1. The van der Waals surface area contributed by atoms with Crippen LogP contribution in [0.25, 0.3) is 11.3 Å². The molecule has 0 amide bonds. The molecule has 1 heterocycles. The standard InChI is InChI=1S/C33H23Cl2N3O3S/c1-21-3-17-28(18-4-21)42(39,40)38-32(23-7-13-26(35)14-8-23)29(19-36)31(22-5-11-25(34)12-6-22)30(20-37)33(38)24-9-15-27(41-2)16-10-24/h3-18,32H,1-2H3. The van der Waals surface area contributed by atoms with Crippen molar-refractivity contribution in [2.24, 2.45) is 0 Å². The lowest BCUT2D eigenvalue weighted by atomic mass is 9.82. The highest BCUT2D eigenvalue weighted by molar-refractivity contribution is 7.89. The van der Waals surface area contributed by atoms with Gasteiger partial charge in [0.2, 0.25) is 0 Å². The van der Waals surface area contributed by atoms with Crippen LogP contribution >= 0.6 is 23.2 Å². The van der Waals surface area contributed by atoms with Crippen LogP contribution in [0.5, 0.6) is 5.75 Å². The number of rotatable bonds is 6. The number of allylic oxidation sites excluding steroid dienone is 2. The molecule has 0 fully saturated rings. The Bertz CT molecular complexity index is 1900. The van der Waals surface area contributed by atoms with E-state index in [4.69, 9.17) is 27.9 Å². The molecule has 0 spiro atoms. The molecule has 0 radical (unpaired) electrons. The van der Waals surface area contributed by atoms with Crippen LogP contribution in [-0.2, 0) is 10.0 Å². The fourth-order valence-corrected chi connectivity index (χ4v) is 6.84. The topological polar surface area (TPSA) is 94.2 Å². The Morgan fingerprint density at radius 2 is 1.31 bits per heavy atom. The lowest BCUT2D eigenvalue weighted by Gasteiger charge is -2.39. The molecule has 5 rings (SSSR count). The molecule has 0 aliphatic carbocycles. The SMILES string of the molecule is COc1ccc(C2=C(C#N)C(c3ccc(Cl)cc3)=C(C#N)C(c3ccc(Cl)cc3)N2S(=O)(=O)c2ccc(C)cc2)cc1. The van der Waals surface area contributed by atoms with E-state index in [0.717, 1.165) is 5.56 Å². The third kappa shape index (κ3) is 5.26. The minimum atomic E-state index is -4.34. The normalized spacial score (nSPS) is 15.3. The van der Waals surface area contributed by atoms with Crippen molar-refractivity contribution in [2.75, 3.05) is 7.11 Å². The van der Waals surface area contributed by atoms with Crippen molar-refractivity contribution >= 4 is 44.5 Å². The number of benzene rings is 4. The van der Waals surface area contributed by atoms with Crippen LogP contribution in [0.2, 0.25) is 10.0 Å². The number of ether oxygens (including phenoxy) is 1. The molecule has 0 saturated carbocycles. The van der Waals surface area contributed by atoms with E-state index in [9.17, 15) is 18.9 Å². The summed E-state index contributed by atoms with van der Waals surface area (Å²) in [7, 11) is -2.82. The van der Waals surface area contributed by atoms with Gasteiger partial charge in [0.1, 0.15) is 17.9 Å². The molecule has 42 heavy (non-hydrogen) atoms. The van der Waals surface area contributed by atoms with E-state index in [1.54, 1.807) is 84.9 Å². The van der Waals surface area contributed by atoms with E-state index < -0.39 is 16.1 Å². The van der Waals surface area contributed by atoms with Crippen LogP contribution in [0, 0.1) is 29.6 Å². The molecule has 1 aliphatic heterocycles. The zero-order valence-corrected chi connectivity index (χ0v) is 24.9. The van der Waals surface area contributed by atoms with Crippen LogP contribution in [-0.4, -0.2) is 19.8 Å². The lowest BCUT2D eigenvalue weighted by molar-refractivity contribution is 0.414. The van der Waals surface area contributed by atoms with Gasteiger partial charge in [-0.15, -0.1) is 0 Å².